The van der Waals surface area contributed by atoms with Gasteiger partial charge in [0.1, 0.15) is 5.75 Å². The second kappa shape index (κ2) is 5.38. The second-order valence-corrected chi connectivity index (χ2v) is 5.84. The van der Waals surface area contributed by atoms with Crippen molar-refractivity contribution >= 4 is 11.6 Å². The van der Waals surface area contributed by atoms with Gasteiger partial charge in [-0.3, -0.25) is 0 Å². The molecule has 2 aromatic rings. The first kappa shape index (κ1) is 13.7. The number of nitrogens with one attached hydrogen (secondary N) is 1. The van der Waals surface area contributed by atoms with Crippen LogP contribution in [0.5, 0.6) is 17.2 Å². The molecule has 1 N–H and O–H groups in total. The van der Waals surface area contributed by atoms with E-state index >= 15 is 0 Å². The summed E-state index contributed by atoms with van der Waals surface area (Å²) in [5.74, 6) is 2.40. The van der Waals surface area contributed by atoms with Crippen LogP contribution in [0.3, 0.4) is 0 Å². The summed E-state index contributed by atoms with van der Waals surface area (Å²) in [6.07, 6.45) is 0.968. The van der Waals surface area contributed by atoms with Gasteiger partial charge in [0.15, 0.2) is 11.5 Å². The summed E-state index contributed by atoms with van der Waals surface area (Å²) in [6, 6.07) is 10.00. The van der Waals surface area contributed by atoms with Crippen molar-refractivity contribution < 1.29 is 14.2 Å². The Morgan fingerprint density at radius 3 is 2.73 bits per heavy atom. The van der Waals surface area contributed by atoms with E-state index in [1.54, 1.807) is 7.11 Å². The Kier molecular flexibility index (Phi) is 3.36. The highest BCUT2D eigenvalue weighted by Crippen LogP contribution is 2.41. The molecule has 1 atom stereocenters. The lowest BCUT2D eigenvalue weighted by atomic mass is 9.89. The lowest BCUT2D eigenvalue weighted by molar-refractivity contribution is 0.174. The van der Waals surface area contributed by atoms with E-state index in [1.807, 2.05) is 18.2 Å². The van der Waals surface area contributed by atoms with Crippen LogP contribution >= 0.6 is 11.6 Å². The third kappa shape index (κ3) is 2.19. The predicted molar refractivity (Wildman–Crippen MR) is 84.1 cm³/mol. The van der Waals surface area contributed by atoms with E-state index in [-0.39, 0.29) is 6.04 Å². The summed E-state index contributed by atoms with van der Waals surface area (Å²) in [6.45, 7) is 1.19. The molecule has 0 aromatic heterocycles. The molecule has 4 rings (SSSR count). The van der Waals surface area contributed by atoms with Crippen molar-refractivity contribution in [2.24, 2.45) is 0 Å². The Bertz CT molecular complexity index is 732. The van der Waals surface area contributed by atoms with Crippen LogP contribution in [0.2, 0.25) is 5.02 Å². The van der Waals surface area contributed by atoms with Crippen LogP contribution in [-0.4, -0.2) is 20.4 Å². The Hall–Kier alpha value is -1.91. The zero-order valence-corrected chi connectivity index (χ0v) is 12.9. The molecule has 2 aromatic carbocycles. The monoisotopic (exact) mass is 317 g/mol. The molecule has 5 heteroatoms. The minimum Gasteiger partial charge on any atom is -0.497 e. The fourth-order valence-corrected chi connectivity index (χ4v) is 3.37. The first-order valence-electron chi connectivity index (χ1n) is 7.25. The predicted octanol–water partition coefficient (Wildman–Crippen LogP) is 3.31. The van der Waals surface area contributed by atoms with Crippen LogP contribution in [0.1, 0.15) is 22.7 Å². The molecule has 0 radical (unpaired) electrons. The van der Waals surface area contributed by atoms with E-state index in [4.69, 9.17) is 25.8 Å². The summed E-state index contributed by atoms with van der Waals surface area (Å²) in [4.78, 5) is 0. The van der Waals surface area contributed by atoms with Crippen molar-refractivity contribution in [3.8, 4) is 17.2 Å². The van der Waals surface area contributed by atoms with Crippen molar-refractivity contribution in [2.45, 2.75) is 12.5 Å². The van der Waals surface area contributed by atoms with Gasteiger partial charge >= 0.3 is 0 Å². The van der Waals surface area contributed by atoms with E-state index in [2.05, 4.69) is 17.4 Å². The Morgan fingerprint density at radius 2 is 1.95 bits per heavy atom. The number of benzene rings is 2. The summed E-state index contributed by atoms with van der Waals surface area (Å²) in [5, 5.41) is 4.24. The first-order valence-corrected chi connectivity index (χ1v) is 7.63. The van der Waals surface area contributed by atoms with Gasteiger partial charge < -0.3 is 19.5 Å². The Balaban J connectivity index is 1.79. The SMILES string of the molecule is COc1ccc(C2NCCc3cc4c(cc32)OCO4)c(Cl)c1. The van der Waals surface area contributed by atoms with Crippen molar-refractivity contribution in [3.05, 3.63) is 52.0 Å². The van der Waals surface area contributed by atoms with E-state index in [0.717, 1.165) is 35.8 Å². The molecule has 0 fully saturated rings. The van der Waals surface area contributed by atoms with E-state index in [0.29, 0.717) is 11.8 Å². The van der Waals surface area contributed by atoms with Gasteiger partial charge in [-0.05, 0) is 47.4 Å². The van der Waals surface area contributed by atoms with E-state index in [1.165, 1.54) is 11.1 Å². The summed E-state index contributed by atoms with van der Waals surface area (Å²) in [5.41, 5.74) is 3.52. The van der Waals surface area contributed by atoms with Crippen LogP contribution in [0.15, 0.2) is 30.3 Å². The molecule has 4 nitrogen and oxygen atoms in total. The van der Waals surface area contributed by atoms with Crippen LogP contribution in [0.25, 0.3) is 0 Å². The molecular formula is C17H16ClNO3. The number of methoxy groups -OCH3 is 1. The number of hydrogen-bond donors (Lipinski definition) is 1. The van der Waals surface area contributed by atoms with Gasteiger partial charge in [-0.25, -0.2) is 0 Å². The van der Waals surface area contributed by atoms with Crippen LogP contribution in [0.4, 0.5) is 0 Å². The van der Waals surface area contributed by atoms with Crippen molar-refractivity contribution in [1.29, 1.82) is 0 Å². The smallest absolute Gasteiger partial charge is 0.231 e. The number of rotatable bonds is 2. The van der Waals surface area contributed by atoms with Gasteiger partial charge in [-0.1, -0.05) is 17.7 Å². The maximum Gasteiger partial charge on any atom is 0.231 e. The molecule has 2 aliphatic rings. The average molecular weight is 318 g/mol. The van der Waals surface area contributed by atoms with Gasteiger partial charge in [0.05, 0.1) is 13.2 Å². The third-order valence-electron chi connectivity index (χ3n) is 4.21. The Labute approximate surface area is 133 Å². The lowest BCUT2D eigenvalue weighted by Gasteiger charge is -2.28. The maximum absolute atomic E-state index is 6.45. The quantitative estimate of drug-likeness (QED) is 0.922. The number of halogens is 1. The molecule has 0 spiro atoms. The van der Waals surface area contributed by atoms with Gasteiger partial charge in [0.25, 0.3) is 0 Å². The molecule has 0 saturated heterocycles. The van der Waals surface area contributed by atoms with Gasteiger partial charge in [-0.15, -0.1) is 0 Å². The highest BCUT2D eigenvalue weighted by atomic mass is 35.5. The first-order chi connectivity index (χ1) is 10.8. The number of hydrogen-bond acceptors (Lipinski definition) is 4. The van der Waals surface area contributed by atoms with Crippen molar-refractivity contribution in [2.75, 3.05) is 20.4 Å². The van der Waals surface area contributed by atoms with Crippen LogP contribution < -0.4 is 19.5 Å². The van der Waals surface area contributed by atoms with Crippen molar-refractivity contribution in [3.63, 3.8) is 0 Å². The molecule has 0 amide bonds. The highest BCUT2D eigenvalue weighted by molar-refractivity contribution is 6.31. The topological polar surface area (TPSA) is 39.7 Å². The zero-order chi connectivity index (χ0) is 15.1. The van der Waals surface area contributed by atoms with E-state index in [9.17, 15) is 0 Å². The second-order valence-electron chi connectivity index (χ2n) is 5.43. The van der Waals surface area contributed by atoms with Crippen LogP contribution in [-0.2, 0) is 6.42 Å². The minimum absolute atomic E-state index is 0.0525. The Morgan fingerprint density at radius 1 is 1.14 bits per heavy atom. The zero-order valence-electron chi connectivity index (χ0n) is 12.2. The molecule has 2 heterocycles. The maximum atomic E-state index is 6.45. The summed E-state index contributed by atoms with van der Waals surface area (Å²) >= 11 is 6.45. The standard InChI is InChI=1S/C17H16ClNO3/c1-20-11-2-3-12(14(18)7-11)17-13-8-16-15(21-9-22-16)6-10(13)4-5-19-17/h2-3,6-8,17,19H,4-5,9H2,1H3. The average Bonchev–Trinajstić information content (AvgIpc) is 2.99. The fourth-order valence-electron chi connectivity index (χ4n) is 3.09. The molecular weight excluding hydrogens is 302 g/mol. The minimum atomic E-state index is 0.0525. The number of fused-ring (bicyclic) bond motifs is 2. The molecule has 22 heavy (non-hydrogen) atoms. The fraction of sp³-hybridized carbons (Fsp3) is 0.294. The molecule has 0 bridgehead atoms. The summed E-state index contributed by atoms with van der Waals surface area (Å²) < 4.78 is 16.2. The largest absolute Gasteiger partial charge is 0.497 e. The highest BCUT2D eigenvalue weighted by Gasteiger charge is 2.27. The van der Waals surface area contributed by atoms with Gasteiger partial charge in [-0.2, -0.15) is 0 Å². The molecule has 2 aliphatic heterocycles. The van der Waals surface area contributed by atoms with Gasteiger partial charge in [0.2, 0.25) is 6.79 Å². The lowest BCUT2D eigenvalue weighted by Crippen LogP contribution is -2.30. The number of ether oxygens (including phenoxy) is 3. The normalized spacial score (nSPS) is 18.9. The molecule has 0 aliphatic carbocycles. The molecule has 0 saturated carbocycles. The van der Waals surface area contributed by atoms with Gasteiger partial charge in [0, 0.05) is 11.6 Å². The van der Waals surface area contributed by atoms with Crippen LogP contribution in [0, 0.1) is 0 Å². The summed E-state index contributed by atoms with van der Waals surface area (Å²) in [7, 11) is 1.64. The molecule has 114 valence electrons. The van der Waals surface area contributed by atoms with E-state index < -0.39 is 0 Å². The van der Waals surface area contributed by atoms with Crippen molar-refractivity contribution in [1.82, 2.24) is 5.32 Å². The third-order valence-corrected chi connectivity index (χ3v) is 4.53. The molecule has 1 unspecified atom stereocenters.